The first-order valence-electron chi connectivity index (χ1n) is 20.7. The Morgan fingerprint density at radius 3 is 1.83 bits per heavy atom. The Labute approximate surface area is 381 Å². The van der Waals surface area contributed by atoms with E-state index in [0.717, 1.165) is 42.5 Å². The first-order chi connectivity index (χ1) is 29.4. The highest BCUT2D eigenvalue weighted by Gasteiger charge is 2.39. The minimum absolute atomic E-state index is 0. The molecular formula is C46H56Cl2N8O7. The number of nitrogens with one attached hydrogen (secondary N) is 4. The van der Waals surface area contributed by atoms with E-state index in [9.17, 15) is 19.2 Å². The van der Waals surface area contributed by atoms with E-state index in [2.05, 4.69) is 49.3 Å². The molecule has 2 aliphatic heterocycles. The third kappa shape index (κ3) is 12.1. The van der Waals surface area contributed by atoms with Crippen molar-refractivity contribution in [1.29, 1.82) is 0 Å². The molecule has 2 aliphatic rings. The van der Waals surface area contributed by atoms with E-state index in [0.29, 0.717) is 41.7 Å². The van der Waals surface area contributed by atoms with Gasteiger partial charge >= 0.3 is 12.2 Å². The van der Waals surface area contributed by atoms with Gasteiger partial charge in [-0.15, -0.1) is 24.8 Å². The lowest BCUT2D eigenvalue weighted by molar-refractivity contribution is -0.136. The van der Waals surface area contributed by atoms with Crippen molar-refractivity contribution in [3.8, 4) is 40.7 Å². The van der Waals surface area contributed by atoms with Crippen molar-refractivity contribution < 1.29 is 33.4 Å². The molecule has 0 bridgehead atoms. The van der Waals surface area contributed by atoms with Crippen LogP contribution in [-0.4, -0.2) is 93.1 Å². The minimum Gasteiger partial charge on any atom is -0.485 e. The molecule has 336 valence electrons. The number of H-pyrrole nitrogens is 2. The maximum Gasteiger partial charge on any atom is 0.407 e. The van der Waals surface area contributed by atoms with Crippen LogP contribution in [0.15, 0.2) is 60.9 Å². The third-order valence-electron chi connectivity index (χ3n) is 11.0. The van der Waals surface area contributed by atoms with Crippen LogP contribution >= 0.6 is 24.8 Å². The number of imidazole rings is 2. The number of alkyl carbamates (subject to hydrolysis) is 2. The highest BCUT2D eigenvalue weighted by atomic mass is 35.5. The van der Waals surface area contributed by atoms with Crippen LogP contribution in [-0.2, 0) is 19.1 Å². The summed E-state index contributed by atoms with van der Waals surface area (Å²) in [6, 6.07) is 13.6. The van der Waals surface area contributed by atoms with Crippen LogP contribution in [0.5, 0.6) is 5.75 Å². The van der Waals surface area contributed by atoms with Gasteiger partial charge < -0.3 is 44.6 Å². The number of hydrogen-bond donors (Lipinski definition) is 4. The number of hydrogen-bond acceptors (Lipinski definition) is 9. The number of benzene rings is 2. The van der Waals surface area contributed by atoms with Gasteiger partial charge in [-0.25, -0.2) is 19.6 Å². The van der Waals surface area contributed by atoms with Gasteiger partial charge in [-0.05, 0) is 85.8 Å². The fourth-order valence-corrected chi connectivity index (χ4v) is 7.68. The number of amides is 4. The fourth-order valence-electron chi connectivity index (χ4n) is 7.68. The number of carbonyl (C=O) groups is 4. The number of carbonyl (C=O) groups excluding carboxylic acids is 4. The van der Waals surface area contributed by atoms with Crippen molar-refractivity contribution in [3.63, 3.8) is 0 Å². The number of halogens is 2. The quantitative estimate of drug-likeness (QED) is 0.106. The summed E-state index contributed by atoms with van der Waals surface area (Å²) < 4.78 is 16.1. The van der Waals surface area contributed by atoms with Crippen LogP contribution in [0, 0.1) is 35.5 Å². The van der Waals surface area contributed by atoms with Crippen molar-refractivity contribution in [2.24, 2.45) is 11.8 Å². The van der Waals surface area contributed by atoms with Gasteiger partial charge in [-0.2, -0.15) is 0 Å². The van der Waals surface area contributed by atoms with Crippen molar-refractivity contribution >= 4 is 48.8 Å². The van der Waals surface area contributed by atoms with Crippen LogP contribution in [0.1, 0.15) is 107 Å². The zero-order valence-corrected chi connectivity index (χ0v) is 38.2. The van der Waals surface area contributed by atoms with Gasteiger partial charge in [-0.3, -0.25) is 9.59 Å². The smallest absolute Gasteiger partial charge is 0.407 e. The maximum atomic E-state index is 13.7. The number of likely N-dealkylation sites (tertiary alicyclic amines) is 2. The molecule has 15 nitrogen and oxygen atoms in total. The summed E-state index contributed by atoms with van der Waals surface area (Å²) in [5, 5.41) is 5.36. The summed E-state index contributed by atoms with van der Waals surface area (Å²) in [6.07, 6.45) is 4.85. The van der Waals surface area contributed by atoms with Gasteiger partial charge in [0, 0.05) is 18.7 Å². The summed E-state index contributed by atoms with van der Waals surface area (Å²) in [4.78, 5) is 70.7. The number of rotatable bonds is 12. The Balaban J connectivity index is 0.00000436. The van der Waals surface area contributed by atoms with Crippen molar-refractivity contribution in [2.45, 2.75) is 90.6 Å². The molecule has 63 heavy (non-hydrogen) atoms. The van der Waals surface area contributed by atoms with Crippen LogP contribution in [0.25, 0.3) is 11.3 Å². The standard InChI is InChI=1S/C46H54N8O7.2ClH/c1-28(2)39(51-45(57)59-6)43(55)53-23-13-19-36(53)41-47-26-34(49-41)18-12-11-17-32-21-22-33(25-38(32)61-30(5)31-15-9-8-10-16-31)35-27-48-42(50-35)37-20-14-24-54(37)44(56)40(29(3)4)52-46(58)60-7;;/h8-10,15-16,21-22,25-30,36-37,39-40H,13-14,19-20,23-24H2,1-7H3,(H,47,49)(H,48,50)(H,51,57)(H,52,58);2*1H/t30-,36+,37+,39+,40+;;/m1../s1. The molecule has 4 aromatic rings. The maximum absolute atomic E-state index is 13.7. The predicted octanol–water partition coefficient (Wildman–Crippen LogP) is 7.27. The zero-order chi connectivity index (χ0) is 43.6. The van der Waals surface area contributed by atoms with E-state index in [1.165, 1.54) is 14.2 Å². The average Bonchev–Trinajstić information content (AvgIpc) is 4.10. The van der Waals surface area contributed by atoms with Gasteiger partial charge in [0.1, 0.15) is 41.3 Å². The van der Waals surface area contributed by atoms with Gasteiger partial charge in [0.2, 0.25) is 11.8 Å². The van der Waals surface area contributed by atoms with Crippen LogP contribution in [0.2, 0.25) is 0 Å². The summed E-state index contributed by atoms with van der Waals surface area (Å²) >= 11 is 0. The molecule has 4 amide bonds. The highest BCUT2D eigenvalue weighted by molar-refractivity contribution is 5.87. The van der Waals surface area contributed by atoms with E-state index in [1.807, 2.05) is 83.1 Å². The molecule has 0 spiro atoms. The SMILES string of the molecule is COC(=O)N[C@H](C(=O)N1CCC[C@H]1c1ncc(C#CC#Cc2ccc(-c3cnc([C@@H]4CCCN4C(=O)[C@@H](NC(=O)OC)C(C)C)[nH]3)cc2O[C@H](C)c2ccccc2)[nH]1)C(C)C.Cl.Cl. The fraction of sp³-hybridized carbons (Fsp3) is 0.435. The first kappa shape index (κ1) is 49.5. The molecule has 4 heterocycles. The summed E-state index contributed by atoms with van der Waals surface area (Å²) in [7, 11) is 2.55. The monoisotopic (exact) mass is 902 g/mol. The first-order valence-corrected chi connectivity index (χ1v) is 20.7. The molecule has 5 atom stereocenters. The van der Waals surface area contributed by atoms with E-state index >= 15 is 0 Å². The molecule has 0 aliphatic carbocycles. The molecule has 2 saturated heterocycles. The number of aromatic nitrogens is 4. The normalized spacial score (nSPS) is 16.8. The minimum atomic E-state index is -0.730. The molecule has 6 rings (SSSR count). The number of nitrogens with zero attached hydrogens (tertiary/aromatic N) is 4. The van der Waals surface area contributed by atoms with E-state index in [4.69, 9.17) is 19.2 Å². The zero-order valence-electron chi connectivity index (χ0n) is 36.5. The second-order valence-corrected chi connectivity index (χ2v) is 15.8. The number of methoxy groups -OCH3 is 2. The molecule has 2 aromatic heterocycles. The highest BCUT2D eigenvalue weighted by Crippen LogP contribution is 2.35. The summed E-state index contributed by atoms with van der Waals surface area (Å²) in [5.41, 5.74) is 3.75. The Morgan fingerprint density at radius 2 is 1.27 bits per heavy atom. The lowest BCUT2D eigenvalue weighted by Crippen LogP contribution is -2.51. The number of aromatic amines is 2. The second-order valence-electron chi connectivity index (χ2n) is 15.8. The molecule has 0 saturated carbocycles. The van der Waals surface area contributed by atoms with Gasteiger partial charge in [-0.1, -0.05) is 64.1 Å². The van der Waals surface area contributed by atoms with E-state index < -0.39 is 24.3 Å². The van der Waals surface area contributed by atoms with Crippen LogP contribution in [0.3, 0.4) is 0 Å². The predicted molar refractivity (Wildman–Crippen MR) is 242 cm³/mol. The average molecular weight is 904 g/mol. The third-order valence-corrected chi connectivity index (χ3v) is 11.0. The Hall–Kier alpha value is -6.16. The molecule has 17 heteroatoms. The largest absolute Gasteiger partial charge is 0.485 e. The Bertz CT molecular complexity index is 2330. The van der Waals surface area contributed by atoms with Crippen molar-refractivity contribution in [2.75, 3.05) is 27.3 Å². The van der Waals surface area contributed by atoms with E-state index in [1.54, 1.807) is 22.2 Å². The van der Waals surface area contributed by atoms with Crippen LogP contribution in [0.4, 0.5) is 9.59 Å². The lowest BCUT2D eigenvalue weighted by atomic mass is 10.0. The van der Waals surface area contributed by atoms with E-state index in [-0.39, 0.29) is 66.7 Å². The Kier molecular flexibility index (Phi) is 17.9. The molecule has 4 N–H and O–H groups in total. The van der Waals surface area contributed by atoms with Crippen LogP contribution < -0.4 is 15.4 Å². The van der Waals surface area contributed by atoms with Gasteiger partial charge in [0.05, 0.1) is 50.0 Å². The molecule has 0 radical (unpaired) electrons. The lowest BCUT2D eigenvalue weighted by Gasteiger charge is -2.30. The van der Waals surface area contributed by atoms with Crippen molar-refractivity contribution in [3.05, 3.63) is 89.4 Å². The summed E-state index contributed by atoms with van der Waals surface area (Å²) in [6.45, 7) is 10.6. The molecular weight excluding hydrogens is 847 g/mol. The molecule has 0 unspecified atom stereocenters. The summed E-state index contributed by atoms with van der Waals surface area (Å²) in [5.74, 6) is 13.3. The van der Waals surface area contributed by atoms with Gasteiger partial charge in [0.15, 0.2) is 0 Å². The van der Waals surface area contributed by atoms with Crippen molar-refractivity contribution in [1.82, 2.24) is 40.4 Å². The molecule has 2 aromatic carbocycles. The number of ether oxygens (including phenoxy) is 3. The second kappa shape index (κ2) is 22.8. The molecule has 2 fully saturated rings. The topological polar surface area (TPSA) is 184 Å². The Morgan fingerprint density at radius 1 is 0.730 bits per heavy atom. The van der Waals surface area contributed by atoms with Gasteiger partial charge in [0.25, 0.3) is 0 Å².